The summed E-state index contributed by atoms with van der Waals surface area (Å²) in [6, 6.07) is 1.84. The van der Waals surface area contributed by atoms with E-state index < -0.39 is 0 Å². The molecule has 1 aromatic heterocycles. The standard InChI is InChI=1S/C11H17N3OS/c1-14(6-3-7-15-2)10-8-13-5-4-9(10)11(12)16/h4-5,8H,3,6-7H2,1-2H3,(H2,12,16). The second kappa shape index (κ2) is 6.40. The fourth-order valence-corrected chi connectivity index (χ4v) is 1.64. The van der Waals surface area contributed by atoms with Crippen molar-refractivity contribution in [2.45, 2.75) is 6.42 Å². The van der Waals surface area contributed by atoms with Gasteiger partial charge >= 0.3 is 0 Å². The summed E-state index contributed by atoms with van der Waals surface area (Å²) in [4.78, 5) is 6.57. The maximum Gasteiger partial charge on any atom is 0.106 e. The first kappa shape index (κ1) is 12.9. The van der Waals surface area contributed by atoms with Crippen molar-refractivity contribution in [1.82, 2.24) is 4.98 Å². The zero-order valence-corrected chi connectivity index (χ0v) is 10.5. The van der Waals surface area contributed by atoms with E-state index in [2.05, 4.69) is 9.88 Å². The Morgan fingerprint density at radius 1 is 1.62 bits per heavy atom. The first-order chi connectivity index (χ1) is 7.66. The van der Waals surface area contributed by atoms with Gasteiger partial charge in [0.25, 0.3) is 0 Å². The molecule has 0 saturated heterocycles. The first-order valence-corrected chi connectivity index (χ1v) is 5.51. The number of ether oxygens (including phenoxy) is 1. The Kier molecular flexibility index (Phi) is 5.14. The van der Waals surface area contributed by atoms with Crippen LogP contribution in [-0.4, -0.2) is 37.3 Å². The number of hydrogen-bond donors (Lipinski definition) is 1. The van der Waals surface area contributed by atoms with Crippen LogP contribution < -0.4 is 10.6 Å². The molecule has 0 bridgehead atoms. The van der Waals surface area contributed by atoms with E-state index in [0.717, 1.165) is 30.8 Å². The Morgan fingerprint density at radius 2 is 2.38 bits per heavy atom. The minimum absolute atomic E-state index is 0.399. The summed E-state index contributed by atoms with van der Waals surface area (Å²) in [7, 11) is 3.69. The van der Waals surface area contributed by atoms with Gasteiger partial charge in [-0.2, -0.15) is 0 Å². The van der Waals surface area contributed by atoms with Crippen molar-refractivity contribution in [3.05, 3.63) is 24.0 Å². The second-order valence-electron chi connectivity index (χ2n) is 3.52. The van der Waals surface area contributed by atoms with E-state index in [9.17, 15) is 0 Å². The molecular weight excluding hydrogens is 222 g/mol. The van der Waals surface area contributed by atoms with Crippen LogP contribution in [0.4, 0.5) is 5.69 Å². The van der Waals surface area contributed by atoms with Crippen molar-refractivity contribution in [3.63, 3.8) is 0 Å². The zero-order valence-electron chi connectivity index (χ0n) is 9.64. The van der Waals surface area contributed by atoms with Gasteiger partial charge in [-0.1, -0.05) is 12.2 Å². The van der Waals surface area contributed by atoms with Crippen molar-refractivity contribution in [2.75, 3.05) is 32.2 Å². The van der Waals surface area contributed by atoms with Crippen LogP contribution >= 0.6 is 12.2 Å². The van der Waals surface area contributed by atoms with E-state index >= 15 is 0 Å². The van der Waals surface area contributed by atoms with Gasteiger partial charge in [0.15, 0.2) is 0 Å². The van der Waals surface area contributed by atoms with Crippen LogP contribution in [0.3, 0.4) is 0 Å². The molecule has 4 nitrogen and oxygen atoms in total. The third kappa shape index (κ3) is 3.43. The number of pyridine rings is 1. The monoisotopic (exact) mass is 239 g/mol. The van der Waals surface area contributed by atoms with Gasteiger partial charge < -0.3 is 15.4 Å². The quantitative estimate of drug-likeness (QED) is 0.597. The third-order valence-corrected chi connectivity index (χ3v) is 2.54. The molecule has 16 heavy (non-hydrogen) atoms. The van der Waals surface area contributed by atoms with Crippen LogP contribution in [0, 0.1) is 0 Å². The number of anilines is 1. The van der Waals surface area contributed by atoms with E-state index in [0.29, 0.717) is 4.99 Å². The van der Waals surface area contributed by atoms with Crippen molar-refractivity contribution < 1.29 is 4.74 Å². The van der Waals surface area contributed by atoms with Gasteiger partial charge in [0.05, 0.1) is 11.9 Å². The van der Waals surface area contributed by atoms with Crippen LogP contribution in [0.15, 0.2) is 18.5 Å². The lowest BCUT2D eigenvalue weighted by atomic mass is 10.2. The lowest BCUT2D eigenvalue weighted by molar-refractivity contribution is 0.196. The summed E-state index contributed by atoms with van der Waals surface area (Å²) in [5, 5.41) is 0. The van der Waals surface area contributed by atoms with Crippen LogP contribution in [-0.2, 0) is 4.74 Å². The highest BCUT2D eigenvalue weighted by molar-refractivity contribution is 7.80. The molecule has 0 unspecified atom stereocenters. The second-order valence-corrected chi connectivity index (χ2v) is 3.96. The van der Waals surface area contributed by atoms with Crippen molar-refractivity contribution >= 4 is 22.9 Å². The van der Waals surface area contributed by atoms with E-state index in [1.807, 2.05) is 13.1 Å². The maximum atomic E-state index is 5.66. The molecule has 0 aromatic carbocycles. The molecule has 0 atom stereocenters. The lowest BCUT2D eigenvalue weighted by Gasteiger charge is -2.21. The van der Waals surface area contributed by atoms with Gasteiger partial charge in [0, 0.05) is 39.1 Å². The van der Waals surface area contributed by atoms with Gasteiger partial charge in [-0.05, 0) is 12.5 Å². The predicted molar refractivity (Wildman–Crippen MR) is 69.9 cm³/mol. The maximum absolute atomic E-state index is 5.66. The Labute approximate surface area is 101 Å². The minimum atomic E-state index is 0.399. The summed E-state index contributed by atoms with van der Waals surface area (Å²) < 4.78 is 5.01. The van der Waals surface area contributed by atoms with E-state index in [-0.39, 0.29) is 0 Å². The Bertz CT molecular complexity index is 357. The molecule has 0 saturated carbocycles. The molecular formula is C11H17N3OS. The summed E-state index contributed by atoms with van der Waals surface area (Å²) in [5.74, 6) is 0. The van der Waals surface area contributed by atoms with Crippen molar-refractivity contribution in [2.24, 2.45) is 5.73 Å². The van der Waals surface area contributed by atoms with Gasteiger partial charge in [-0.25, -0.2) is 0 Å². The fourth-order valence-electron chi connectivity index (χ4n) is 1.47. The molecule has 0 fully saturated rings. The fraction of sp³-hybridized carbons (Fsp3) is 0.455. The SMILES string of the molecule is COCCCN(C)c1cnccc1C(N)=S. The molecule has 2 N–H and O–H groups in total. The summed E-state index contributed by atoms with van der Waals surface area (Å²) >= 11 is 5.00. The van der Waals surface area contributed by atoms with Gasteiger partial charge in [-0.3, -0.25) is 4.98 Å². The number of hydrogen-bond acceptors (Lipinski definition) is 4. The van der Waals surface area contributed by atoms with Gasteiger partial charge in [0.2, 0.25) is 0 Å². The van der Waals surface area contributed by atoms with Crippen molar-refractivity contribution in [1.29, 1.82) is 0 Å². The smallest absolute Gasteiger partial charge is 0.106 e. The van der Waals surface area contributed by atoms with E-state index in [1.165, 1.54) is 0 Å². The number of thiocarbonyl (C=S) groups is 1. The summed E-state index contributed by atoms with van der Waals surface area (Å²) in [6.45, 7) is 1.63. The highest BCUT2D eigenvalue weighted by Crippen LogP contribution is 2.17. The van der Waals surface area contributed by atoms with Crippen molar-refractivity contribution in [3.8, 4) is 0 Å². The molecule has 1 aromatic rings. The topological polar surface area (TPSA) is 51.4 Å². The third-order valence-electron chi connectivity index (χ3n) is 2.32. The molecule has 1 heterocycles. The Balaban J connectivity index is 2.74. The summed E-state index contributed by atoms with van der Waals surface area (Å²) in [5.41, 5.74) is 7.49. The van der Waals surface area contributed by atoms with Gasteiger partial charge in [-0.15, -0.1) is 0 Å². The Hall–Kier alpha value is -1.20. The lowest BCUT2D eigenvalue weighted by Crippen LogP contribution is -2.23. The average Bonchev–Trinajstić information content (AvgIpc) is 2.29. The number of aromatic nitrogens is 1. The molecule has 0 spiro atoms. The molecule has 0 aliphatic rings. The highest BCUT2D eigenvalue weighted by Gasteiger charge is 2.08. The number of methoxy groups -OCH3 is 1. The summed E-state index contributed by atoms with van der Waals surface area (Å²) in [6.07, 6.45) is 4.43. The molecule has 0 aliphatic carbocycles. The van der Waals surface area contributed by atoms with E-state index in [4.69, 9.17) is 22.7 Å². The van der Waals surface area contributed by atoms with E-state index in [1.54, 1.807) is 19.5 Å². The Morgan fingerprint density at radius 3 is 3.00 bits per heavy atom. The number of nitrogens with zero attached hydrogens (tertiary/aromatic N) is 2. The van der Waals surface area contributed by atoms with Gasteiger partial charge in [0.1, 0.15) is 4.99 Å². The normalized spacial score (nSPS) is 10.1. The molecule has 5 heteroatoms. The largest absolute Gasteiger partial charge is 0.389 e. The molecule has 0 radical (unpaired) electrons. The highest BCUT2D eigenvalue weighted by atomic mass is 32.1. The molecule has 0 aliphatic heterocycles. The number of nitrogens with two attached hydrogens (primary N) is 1. The first-order valence-electron chi connectivity index (χ1n) is 5.10. The van der Waals surface area contributed by atoms with Crippen LogP contribution in [0.25, 0.3) is 0 Å². The molecule has 0 amide bonds. The average molecular weight is 239 g/mol. The van der Waals surface area contributed by atoms with Crippen LogP contribution in [0.1, 0.15) is 12.0 Å². The molecule has 1 rings (SSSR count). The van der Waals surface area contributed by atoms with Crippen LogP contribution in [0.2, 0.25) is 0 Å². The number of rotatable bonds is 6. The minimum Gasteiger partial charge on any atom is -0.389 e. The van der Waals surface area contributed by atoms with Crippen LogP contribution in [0.5, 0.6) is 0 Å². The molecule has 88 valence electrons. The zero-order chi connectivity index (χ0) is 12.0. The predicted octanol–water partition coefficient (Wildman–Crippen LogP) is 1.19.